The molecule has 0 heterocycles. The summed E-state index contributed by atoms with van der Waals surface area (Å²) in [4.78, 5) is 10.7. The molecule has 2 bridgehead atoms. The molecular weight excluding hydrogens is 164 g/mol. The quantitative estimate of drug-likeness (QED) is 0.612. The third kappa shape index (κ3) is 1.59. The van der Waals surface area contributed by atoms with Gasteiger partial charge in [0.25, 0.3) is 0 Å². The Kier molecular flexibility index (Phi) is 2.31. The standard InChI is InChI=1S/C11H18O2/c1-7-9-3-4-10(5-9)11(7)6-13-8(2)12/h7,9-11H,3-6H2,1-2H3/t7-,9-,10+,11-/m1/s1. The van der Waals surface area contributed by atoms with Crippen molar-refractivity contribution in [2.24, 2.45) is 23.7 Å². The number of carbonyl (C=O) groups excluding carboxylic acids is 1. The summed E-state index contributed by atoms with van der Waals surface area (Å²) >= 11 is 0. The van der Waals surface area contributed by atoms with Crippen molar-refractivity contribution in [3.8, 4) is 0 Å². The fourth-order valence-corrected chi connectivity index (χ4v) is 3.20. The predicted octanol–water partition coefficient (Wildman–Crippen LogP) is 2.23. The second-order valence-electron chi connectivity index (χ2n) is 4.66. The van der Waals surface area contributed by atoms with Gasteiger partial charge < -0.3 is 4.74 Å². The van der Waals surface area contributed by atoms with Crippen LogP contribution in [0.1, 0.15) is 33.1 Å². The Hall–Kier alpha value is -0.530. The molecule has 2 fully saturated rings. The number of ether oxygens (including phenoxy) is 1. The highest BCUT2D eigenvalue weighted by atomic mass is 16.5. The van der Waals surface area contributed by atoms with E-state index in [1.807, 2.05) is 0 Å². The summed E-state index contributed by atoms with van der Waals surface area (Å²) in [6.45, 7) is 4.48. The maximum absolute atomic E-state index is 10.7. The minimum atomic E-state index is -0.130. The fourth-order valence-electron chi connectivity index (χ4n) is 3.20. The molecule has 0 spiro atoms. The first-order chi connectivity index (χ1) is 6.18. The van der Waals surface area contributed by atoms with Crippen molar-refractivity contribution in [3.05, 3.63) is 0 Å². The molecule has 74 valence electrons. The van der Waals surface area contributed by atoms with E-state index in [0.717, 1.165) is 17.8 Å². The van der Waals surface area contributed by atoms with Gasteiger partial charge in [0.2, 0.25) is 0 Å². The van der Waals surface area contributed by atoms with E-state index in [-0.39, 0.29) is 5.97 Å². The smallest absolute Gasteiger partial charge is 0.302 e. The molecule has 2 aliphatic rings. The molecule has 2 rings (SSSR count). The summed E-state index contributed by atoms with van der Waals surface area (Å²) in [5.74, 6) is 3.07. The van der Waals surface area contributed by atoms with Crippen LogP contribution in [0.25, 0.3) is 0 Å². The number of esters is 1. The molecule has 2 saturated carbocycles. The zero-order valence-electron chi connectivity index (χ0n) is 8.45. The van der Waals surface area contributed by atoms with Gasteiger partial charge in [-0.3, -0.25) is 4.79 Å². The molecular formula is C11H18O2. The van der Waals surface area contributed by atoms with Gasteiger partial charge in [0.15, 0.2) is 0 Å². The van der Waals surface area contributed by atoms with E-state index in [2.05, 4.69) is 6.92 Å². The average Bonchev–Trinajstić information content (AvgIpc) is 2.61. The van der Waals surface area contributed by atoms with Crippen LogP contribution in [0.5, 0.6) is 0 Å². The number of hydrogen-bond donors (Lipinski definition) is 0. The van der Waals surface area contributed by atoms with Crippen LogP contribution in [0.2, 0.25) is 0 Å². The van der Waals surface area contributed by atoms with Crippen LogP contribution in [-0.2, 0) is 9.53 Å². The lowest BCUT2D eigenvalue weighted by Crippen LogP contribution is -2.25. The molecule has 13 heavy (non-hydrogen) atoms. The van der Waals surface area contributed by atoms with Gasteiger partial charge >= 0.3 is 5.97 Å². The lowest BCUT2D eigenvalue weighted by Gasteiger charge is -2.27. The van der Waals surface area contributed by atoms with E-state index >= 15 is 0 Å². The zero-order chi connectivity index (χ0) is 9.42. The van der Waals surface area contributed by atoms with E-state index in [1.165, 1.54) is 26.2 Å². The maximum atomic E-state index is 10.7. The molecule has 0 unspecified atom stereocenters. The molecule has 0 saturated heterocycles. The highest BCUT2D eigenvalue weighted by Gasteiger charge is 2.45. The van der Waals surface area contributed by atoms with Gasteiger partial charge in [0.05, 0.1) is 6.61 Å². The first kappa shape index (κ1) is 9.04. The number of fused-ring (bicyclic) bond motifs is 2. The Balaban J connectivity index is 1.89. The number of hydrogen-bond acceptors (Lipinski definition) is 2. The summed E-state index contributed by atoms with van der Waals surface area (Å²) in [5, 5.41) is 0. The van der Waals surface area contributed by atoms with Crippen molar-refractivity contribution < 1.29 is 9.53 Å². The molecule has 0 aromatic rings. The monoisotopic (exact) mass is 182 g/mol. The Labute approximate surface area is 79.7 Å². The topological polar surface area (TPSA) is 26.3 Å². The summed E-state index contributed by atoms with van der Waals surface area (Å²) in [6, 6.07) is 0. The van der Waals surface area contributed by atoms with E-state index in [0.29, 0.717) is 12.5 Å². The third-order valence-corrected chi connectivity index (χ3v) is 4.02. The molecule has 0 radical (unpaired) electrons. The Morgan fingerprint density at radius 2 is 2.08 bits per heavy atom. The predicted molar refractivity (Wildman–Crippen MR) is 50.1 cm³/mol. The van der Waals surface area contributed by atoms with Gasteiger partial charge in [-0.25, -0.2) is 0 Å². The largest absolute Gasteiger partial charge is 0.466 e. The molecule has 0 aromatic heterocycles. The van der Waals surface area contributed by atoms with Crippen LogP contribution < -0.4 is 0 Å². The summed E-state index contributed by atoms with van der Waals surface area (Å²) in [6.07, 6.45) is 4.15. The number of rotatable bonds is 2. The van der Waals surface area contributed by atoms with Crippen molar-refractivity contribution in [2.75, 3.05) is 6.61 Å². The van der Waals surface area contributed by atoms with Crippen LogP contribution >= 0.6 is 0 Å². The van der Waals surface area contributed by atoms with Gasteiger partial charge in [-0.1, -0.05) is 6.92 Å². The van der Waals surface area contributed by atoms with E-state index in [1.54, 1.807) is 0 Å². The normalized spacial score (nSPS) is 42.3. The van der Waals surface area contributed by atoms with E-state index in [9.17, 15) is 4.79 Å². The van der Waals surface area contributed by atoms with Crippen LogP contribution in [-0.4, -0.2) is 12.6 Å². The summed E-state index contributed by atoms with van der Waals surface area (Å²) in [7, 11) is 0. The maximum Gasteiger partial charge on any atom is 0.302 e. The van der Waals surface area contributed by atoms with Crippen LogP contribution in [0.3, 0.4) is 0 Å². The van der Waals surface area contributed by atoms with Crippen LogP contribution in [0.15, 0.2) is 0 Å². The van der Waals surface area contributed by atoms with Crippen molar-refractivity contribution in [1.29, 1.82) is 0 Å². The van der Waals surface area contributed by atoms with Gasteiger partial charge in [0, 0.05) is 6.92 Å². The summed E-state index contributed by atoms with van der Waals surface area (Å²) < 4.78 is 5.11. The zero-order valence-corrected chi connectivity index (χ0v) is 8.45. The first-order valence-corrected chi connectivity index (χ1v) is 5.32. The van der Waals surface area contributed by atoms with Crippen molar-refractivity contribution in [3.63, 3.8) is 0 Å². The fraction of sp³-hybridized carbons (Fsp3) is 0.909. The minimum Gasteiger partial charge on any atom is -0.466 e. The molecule has 2 nitrogen and oxygen atoms in total. The highest BCUT2D eigenvalue weighted by Crippen LogP contribution is 2.51. The van der Waals surface area contributed by atoms with Gasteiger partial charge in [-0.15, -0.1) is 0 Å². The van der Waals surface area contributed by atoms with Crippen molar-refractivity contribution >= 4 is 5.97 Å². The Morgan fingerprint density at radius 3 is 2.62 bits per heavy atom. The van der Waals surface area contributed by atoms with E-state index in [4.69, 9.17) is 4.74 Å². The van der Waals surface area contributed by atoms with Crippen molar-refractivity contribution in [1.82, 2.24) is 0 Å². The highest BCUT2D eigenvalue weighted by molar-refractivity contribution is 5.65. The second kappa shape index (κ2) is 3.32. The van der Waals surface area contributed by atoms with E-state index < -0.39 is 0 Å². The first-order valence-electron chi connectivity index (χ1n) is 5.32. The molecule has 0 N–H and O–H groups in total. The van der Waals surface area contributed by atoms with Gasteiger partial charge in [-0.05, 0) is 42.9 Å². The van der Waals surface area contributed by atoms with Crippen LogP contribution in [0.4, 0.5) is 0 Å². The Bertz CT molecular complexity index is 210. The SMILES string of the molecule is CC(=O)OC[C@H]1[C@H]2CC[C@H](C2)[C@H]1C. The molecule has 4 atom stereocenters. The lowest BCUT2D eigenvalue weighted by atomic mass is 9.81. The summed E-state index contributed by atoms with van der Waals surface area (Å²) in [5.41, 5.74) is 0. The van der Waals surface area contributed by atoms with Crippen LogP contribution in [0, 0.1) is 23.7 Å². The lowest BCUT2D eigenvalue weighted by molar-refractivity contribution is -0.143. The molecule has 2 heteroatoms. The van der Waals surface area contributed by atoms with Crippen molar-refractivity contribution in [2.45, 2.75) is 33.1 Å². The third-order valence-electron chi connectivity index (χ3n) is 4.02. The molecule has 2 aliphatic carbocycles. The molecule has 0 aromatic carbocycles. The average molecular weight is 182 g/mol. The number of carbonyl (C=O) groups is 1. The van der Waals surface area contributed by atoms with Gasteiger partial charge in [0.1, 0.15) is 0 Å². The van der Waals surface area contributed by atoms with Gasteiger partial charge in [-0.2, -0.15) is 0 Å². The second-order valence-corrected chi connectivity index (χ2v) is 4.66. The Morgan fingerprint density at radius 1 is 1.38 bits per heavy atom. The molecule has 0 aliphatic heterocycles. The minimum absolute atomic E-state index is 0.130. The molecule has 0 amide bonds.